The number of pyridine rings is 1. The van der Waals surface area contributed by atoms with Gasteiger partial charge in [0.1, 0.15) is 4.90 Å². The van der Waals surface area contributed by atoms with Gasteiger partial charge in [-0.25, -0.2) is 13.1 Å². The van der Waals surface area contributed by atoms with Crippen LogP contribution in [0.25, 0.3) is 0 Å². The van der Waals surface area contributed by atoms with Gasteiger partial charge in [-0.05, 0) is 32.0 Å². The van der Waals surface area contributed by atoms with E-state index in [1.165, 1.54) is 18.5 Å². The maximum atomic E-state index is 11.9. The third kappa shape index (κ3) is 2.82. The molecule has 100 valence electrons. The van der Waals surface area contributed by atoms with E-state index in [1.807, 2.05) is 4.72 Å². The number of aryl methyl sites for hydroxylation is 2. The molecule has 2 aromatic rings. The predicted octanol–water partition coefficient (Wildman–Crippen LogP) is 1.41. The van der Waals surface area contributed by atoms with Crippen molar-refractivity contribution in [1.82, 2.24) is 9.71 Å². The second kappa shape index (κ2) is 4.85. The van der Waals surface area contributed by atoms with Crippen LogP contribution in [0.2, 0.25) is 0 Å². The minimum atomic E-state index is -3.94. The molecule has 0 atom stereocenters. The minimum absolute atomic E-state index is 0.0244. The Labute approximate surface area is 110 Å². The van der Waals surface area contributed by atoms with Crippen LogP contribution in [0.15, 0.2) is 40.0 Å². The van der Waals surface area contributed by atoms with Gasteiger partial charge in [-0.15, -0.1) is 0 Å². The average molecular weight is 280 g/mol. The number of rotatable bonds is 3. The summed E-state index contributed by atoms with van der Waals surface area (Å²) < 4.78 is 30.8. The summed E-state index contributed by atoms with van der Waals surface area (Å²) in [4.78, 5) is 15.6. The first-order valence-electron chi connectivity index (χ1n) is 5.44. The molecule has 0 fully saturated rings. The van der Waals surface area contributed by atoms with E-state index < -0.39 is 15.9 Å². The van der Waals surface area contributed by atoms with Gasteiger partial charge in [0.25, 0.3) is 10.0 Å². The molecule has 7 heteroatoms. The molecule has 0 spiro atoms. The number of sulfonamides is 1. The van der Waals surface area contributed by atoms with Crippen molar-refractivity contribution >= 4 is 15.9 Å². The molecule has 6 nitrogen and oxygen atoms in total. The van der Waals surface area contributed by atoms with Crippen molar-refractivity contribution in [2.75, 3.05) is 0 Å². The number of carbonyl (C=O) groups is 1. The minimum Gasteiger partial charge on any atom is -0.459 e. The molecule has 0 saturated carbocycles. The van der Waals surface area contributed by atoms with Crippen molar-refractivity contribution in [3.8, 4) is 0 Å². The van der Waals surface area contributed by atoms with E-state index in [2.05, 4.69) is 4.98 Å². The second-order valence-electron chi connectivity index (χ2n) is 4.00. The van der Waals surface area contributed by atoms with Crippen molar-refractivity contribution in [3.63, 3.8) is 0 Å². The highest BCUT2D eigenvalue weighted by Gasteiger charge is 2.21. The molecule has 2 heterocycles. The van der Waals surface area contributed by atoms with Gasteiger partial charge in [0, 0.05) is 17.5 Å². The van der Waals surface area contributed by atoms with Gasteiger partial charge in [0.05, 0.1) is 6.26 Å². The number of hydrogen-bond donors (Lipinski definition) is 1. The van der Waals surface area contributed by atoms with Crippen molar-refractivity contribution in [1.29, 1.82) is 0 Å². The standard InChI is InChI=1S/C12H12N2O4S/c1-8-5-6-18-11(8)12(15)14-19(16,17)10-4-3-9(2)13-7-10/h3-7H,1-2H3,(H,14,15). The first kappa shape index (κ1) is 13.3. The molecule has 0 aliphatic heterocycles. The summed E-state index contributed by atoms with van der Waals surface area (Å²) in [5, 5.41) is 0. The Kier molecular flexibility index (Phi) is 3.39. The summed E-state index contributed by atoms with van der Waals surface area (Å²) in [6.07, 6.45) is 2.52. The van der Waals surface area contributed by atoms with Gasteiger partial charge in [-0.1, -0.05) is 0 Å². The van der Waals surface area contributed by atoms with Gasteiger partial charge in [0.15, 0.2) is 5.76 Å². The van der Waals surface area contributed by atoms with E-state index in [0.717, 1.165) is 0 Å². The van der Waals surface area contributed by atoms with E-state index in [0.29, 0.717) is 11.3 Å². The highest BCUT2D eigenvalue weighted by molar-refractivity contribution is 7.90. The van der Waals surface area contributed by atoms with Crippen molar-refractivity contribution in [3.05, 3.63) is 47.7 Å². The van der Waals surface area contributed by atoms with Crippen LogP contribution >= 0.6 is 0 Å². The zero-order valence-corrected chi connectivity index (χ0v) is 11.2. The Hall–Kier alpha value is -2.15. The summed E-state index contributed by atoms with van der Waals surface area (Å²) in [6.45, 7) is 3.39. The van der Waals surface area contributed by atoms with Crippen LogP contribution in [0.4, 0.5) is 0 Å². The highest BCUT2D eigenvalue weighted by Crippen LogP contribution is 2.12. The molecule has 0 aliphatic carbocycles. The van der Waals surface area contributed by atoms with E-state index in [-0.39, 0.29) is 10.7 Å². The van der Waals surface area contributed by atoms with E-state index in [4.69, 9.17) is 4.42 Å². The maximum absolute atomic E-state index is 11.9. The van der Waals surface area contributed by atoms with Crippen LogP contribution in [0.1, 0.15) is 21.8 Å². The fourth-order valence-electron chi connectivity index (χ4n) is 1.45. The van der Waals surface area contributed by atoms with Crippen molar-refractivity contribution in [2.45, 2.75) is 18.7 Å². The summed E-state index contributed by atoms with van der Waals surface area (Å²) in [7, 11) is -3.94. The molecule has 0 unspecified atom stereocenters. The third-order valence-corrected chi connectivity index (χ3v) is 3.81. The normalized spacial score (nSPS) is 11.3. The summed E-state index contributed by atoms with van der Waals surface area (Å²) in [5.74, 6) is -0.827. The number of nitrogens with one attached hydrogen (secondary N) is 1. The molecule has 19 heavy (non-hydrogen) atoms. The molecule has 2 aromatic heterocycles. The second-order valence-corrected chi connectivity index (χ2v) is 5.69. The van der Waals surface area contributed by atoms with Gasteiger partial charge < -0.3 is 4.42 Å². The average Bonchev–Trinajstić information content (AvgIpc) is 2.75. The Morgan fingerprint density at radius 2 is 2.00 bits per heavy atom. The lowest BCUT2D eigenvalue weighted by Crippen LogP contribution is -2.30. The van der Waals surface area contributed by atoms with Gasteiger partial charge >= 0.3 is 5.91 Å². The molecule has 1 N–H and O–H groups in total. The Balaban J connectivity index is 2.25. The van der Waals surface area contributed by atoms with E-state index in [1.54, 1.807) is 26.0 Å². The monoisotopic (exact) mass is 280 g/mol. The first-order chi connectivity index (χ1) is 8.90. The summed E-state index contributed by atoms with van der Waals surface area (Å²) in [5.41, 5.74) is 1.25. The summed E-state index contributed by atoms with van der Waals surface area (Å²) in [6, 6.07) is 4.51. The molecular formula is C12H12N2O4S. The molecule has 0 radical (unpaired) electrons. The molecule has 1 amide bonds. The lowest BCUT2D eigenvalue weighted by molar-refractivity contribution is 0.0953. The Morgan fingerprint density at radius 1 is 1.26 bits per heavy atom. The van der Waals surface area contributed by atoms with Crippen LogP contribution in [0.3, 0.4) is 0 Å². The van der Waals surface area contributed by atoms with Crippen molar-refractivity contribution < 1.29 is 17.6 Å². The largest absolute Gasteiger partial charge is 0.459 e. The summed E-state index contributed by atoms with van der Waals surface area (Å²) >= 11 is 0. The molecule has 0 aromatic carbocycles. The topological polar surface area (TPSA) is 89.3 Å². The highest BCUT2D eigenvalue weighted by atomic mass is 32.2. The Morgan fingerprint density at radius 3 is 2.53 bits per heavy atom. The lowest BCUT2D eigenvalue weighted by Gasteiger charge is -2.05. The fourth-order valence-corrected chi connectivity index (χ4v) is 2.34. The fraction of sp³-hybridized carbons (Fsp3) is 0.167. The number of aromatic nitrogens is 1. The van der Waals surface area contributed by atoms with Gasteiger partial charge in [-0.2, -0.15) is 0 Å². The number of furan rings is 1. The zero-order chi connectivity index (χ0) is 14.0. The quantitative estimate of drug-likeness (QED) is 0.918. The van der Waals surface area contributed by atoms with Crippen LogP contribution in [-0.2, 0) is 10.0 Å². The molecule has 0 aliphatic rings. The van der Waals surface area contributed by atoms with Gasteiger partial charge in [0.2, 0.25) is 0 Å². The number of carbonyl (C=O) groups excluding carboxylic acids is 1. The third-order valence-electron chi connectivity index (χ3n) is 2.49. The van der Waals surface area contributed by atoms with E-state index in [9.17, 15) is 13.2 Å². The smallest absolute Gasteiger partial charge is 0.300 e. The lowest BCUT2D eigenvalue weighted by atomic mass is 10.3. The van der Waals surface area contributed by atoms with Crippen LogP contribution < -0.4 is 4.72 Å². The van der Waals surface area contributed by atoms with Crippen LogP contribution in [-0.4, -0.2) is 19.3 Å². The molecule has 2 rings (SSSR count). The van der Waals surface area contributed by atoms with Gasteiger partial charge in [-0.3, -0.25) is 9.78 Å². The maximum Gasteiger partial charge on any atom is 0.300 e. The van der Waals surface area contributed by atoms with Crippen molar-refractivity contribution in [2.24, 2.45) is 0 Å². The molecule has 0 bridgehead atoms. The number of amides is 1. The van der Waals surface area contributed by atoms with Crippen LogP contribution in [0.5, 0.6) is 0 Å². The number of hydrogen-bond acceptors (Lipinski definition) is 5. The molecule has 0 saturated heterocycles. The SMILES string of the molecule is Cc1ccc(S(=O)(=O)NC(=O)c2occc2C)cn1. The molecular weight excluding hydrogens is 268 g/mol. The zero-order valence-electron chi connectivity index (χ0n) is 10.4. The number of nitrogens with zero attached hydrogens (tertiary/aromatic N) is 1. The predicted molar refractivity (Wildman–Crippen MR) is 67.1 cm³/mol. The van der Waals surface area contributed by atoms with E-state index >= 15 is 0 Å². The van der Waals surface area contributed by atoms with Crippen LogP contribution in [0, 0.1) is 13.8 Å². The first-order valence-corrected chi connectivity index (χ1v) is 6.92. The Bertz CT molecular complexity index is 702.